The van der Waals surface area contributed by atoms with Crippen molar-refractivity contribution in [2.75, 3.05) is 31.9 Å². The molecule has 0 aliphatic carbocycles. The van der Waals surface area contributed by atoms with E-state index < -0.39 is 0 Å². The fourth-order valence-electron chi connectivity index (χ4n) is 1.71. The number of hydrogen-bond acceptors (Lipinski definition) is 4. The lowest BCUT2D eigenvalue weighted by atomic mass is 10.1. The highest BCUT2D eigenvalue weighted by Gasteiger charge is 2.20. The van der Waals surface area contributed by atoms with Gasteiger partial charge in [-0.25, -0.2) is 4.31 Å². The van der Waals surface area contributed by atoms with Crippen molar-refractivity contribution in [2.24, 2.45) is 0 Å². The first kappa shape index (κ1) is 11.3. The Balaban J connectivity index is 2.05. The van der Waals surface area contributed by atoms with Gasteiger partial charge in [0.25, 0.3) is 5.91 Å². The first-order valence-electron chi connectivity index (χ1n) is 5.25. The number of hydrogen-bond donors (Lipinski definition) is 2. The number of thiol groups is 1. The second-order valence-corrected chi connectivity index (χ2v) is 4.43. The summed E-state index contributed by atoms with van der Waals surface area (Å²) in [7, 11) is 0. The van der Waals surface area contributed by atoms with Crippen LogP contribution in [0.5, 0.6) is 0 Å². The molecule has 1 aliphatic heterocycles. The van der Waals surface area contributed by atoms with Gasteiger partial charge < -0.3 is 10.6 Å². The average molecular weight is 237 g/mol. The van der Waals surface area contributed by atoms with Crippen LogP contribution >= 0.6 is 12.8 Å². The van der Waals surface area contributed by atoms with Crippen molar-refractivity contribution in [3.63, 3.8) is 0 Å². The van der Waals surface area contributed by atoms with Crippen molar-refractivity contribution in [1.82, 2.24) is 9.21 Å². The first-order valence-corrected chi connectivity index (χ1v) is 5.65. The minimum atomic E-state index is 0.0708. The van der Waals surface area contributed by atoms with Crippen LogP contribution in [0.25, 0.3) is 0 Å². The lowest BCUT2D eigenvalue weighted by Crippen LogP contribution is -2.45. The van der Waals surface area contributed by atoms with E-state index in [0.717, 1.165) is 26.2 Å². The summed E-state index contributed by atoms with van der Waals surface area (Å²) in [6.07, 6.45) is 0. The van der Waals surface area contributed by atoms with E-state index in [9.17, 15) is 4.79 Å². The minimum absolute atomic E-state index is 0.0708. The summed E-state index contributed by atoms with van der Waals surface area (Å²) in [5.41, 5.74) is 6.96. The largest absolute Gasteiger partial charge is 0.399 e. The number of nitrogens with two attached hydrogens (primary N) is 1. The topological polar surface area (TPSA) is 49.6 Å². The van der Waals surface area contributed by atoms with Crippen LogP contribution in [0.15, 0.2) is 24.3 Å². The molecule has 1 aromatic rings. The number of carbonyl (C=O) groups excluding carboxylic acids is 1. The summed E-state index contributed by atoms with van der Waals surface area (Å²) >= 11 is 4.25. The van der Waals surface area contributed by atoms with Crippen molar-refractivity contribution in [1.29, 1.82) is 0 Å². The molecule has 0 aromatic heterocycles. The van der Waals surface area contributed by atoms with Gasteiger partial charge in [-0.1, -0.05) is 12.8 Å². The second-order valence-electron chi connectivity index (χ2n) is 3.87. The molecule has 2 N–H and O–H groups in total. The van der Waals surface area contributed by atoms with Crippen LogP contribution in [0.3, 0.4) is 0 Å². The molecule has 0 unspecified atom stereocenters. The SMILES string of the molecule is Nc1ccc(C(=O)N2CCN(S)CC2)cc1. The zero-order chi connectivity index (χ0) is 11.5. The Kier molecular flexibility index (Phi) is 3.36. The summed E-state index contributed by atoms with van der Waals surface area (Å²) in [4.78, 5) is 13.9. The Hall–Kier alpha value is -1.20. The molecular formula is C11H15N3OS. The molecule has 86 valence electrons. The Morgan fingerprint density at radius 2 is 1.69 bits per heavy atom. The van der Waals surface area contributed by atoms with Gasteiger partial charge in [-0.05, 0) is 24.3 Å². The van der Waals surface area contributed by atoms with Crippen molar-refractivity contribution < 1.29 is 4.79 Å². The van der Waals surface area contributed by atoms with Crippen molar-refractivity contribution in [2.45, 2.75) is 0 Å². The van der Waals surface area contributed by atoms with Gasteiger partial charge in [0.2, 0.25) is 0 Å². The predicted octanol–water partition coefficient (Wildman–Crippen LogP) is 0.871. The maximum atomic E-state index is 12.1. The molecule has 0 radical (unpaired) electrons. The third-order valence-corrected chi connectivity index (χ3v) is 3.10. The summed E-state index contributed by atoms with van der Waals surface area (Å²) in [5.74, 6) is 0.0708. The van der Waals surface area contributed by atoms with Crippen LogP contribution in [-0.2, 0) is 0 Å². The van der Waals surface area contributed by atoms with Gasteiger partial charge in [-0.15, -0.1) is 0 Å². The van der Waals surface area contributed by atoms with Gasteiger partial charge >= 0.3 is 0 Å². The summed E-state index contributed by atoms with van der Waals surface area (Å²) in [5, 5.41) is 0. The van der Waals surface area contributed by atoms with Crippen LogP contribution in [-0.4, -0.2) is 41.3 Å². The number of rotatable bonds is 1. The zero-order valence-electron chi connectivity index (χ0n) is 8.97. The van der Waals surface area contributed by atoms with E-state index in [2.05, 4.69) is 12.8 Å². The van der Waals surface area contributed by atoms with Crippen LogP contribution in [0.1, 0.15) is 10.4 Å². The van der Waals surface area contributed by atoms with E-state index in [-0.39, 0.29) is 5.91 Å². The van der Waals surface area contributed by atoms with E-state index in [1.807, 2.05) is 9.21 Å². The molecule has 0 bridgehead atoms. The Morgan fingerprint density at radius 3 is 2.25 bits per heavy atom. The Labute approximate surface area is 101 Å². The van der Waals surface area contributed by atoms with Crippen molar-refractivity contribution >= 4 is 24.4 Å². The van der Waals surface area contributed by atoms with E-state index in [1.54, 1.807) is 24.3 Å². The second kappa shape index (κ2) is 4.76. The third kappa shape index (κ3) is 2.48. The fraction of sp³-hybridized carbons (Fsp3) is 0.364. The van der Waals surface area contributed by atoms with Crippen molar-refractivity contribution in [3.8, 4) is 0 Å². The van der Waals surface area contributed by atoms with Crippen LogP contribution in [0.4, 0.5) is 5.69 Å². The molecular weight excluding hydrogens is 222 g/mol. The molecule has 0 saturated carbocycles. The molecule has 1 aromatic carbocycles. The van der Waals surface area contributed by atoms with E-state index in [1.165, 1.54) is 0 Å². The van der Waals surface area contributed by atoms with Gasteiger partial charge in [0.15, 0.2) is 0 Å². The molecule has 0 atom stereocenters. The lowest BCUT2D eigenvalue weighted by Gasteiger charge is -2.31. The Morgan fingerprint density at radius 1 is 1.12 bits per heavy atom. The molecule has 1 fully saturated rings. The summed E-state index contributed by atoms with van der Waals surface area (Å²) in [6, 6.07) is 7.04. The Bertz CT molecular complexity index is 371. The molecule has 1 heterocycles. The number of nitrogen functional groups attached to an aromatic ring is 1. The average Bonchev–Trinajstić information content (AvgIpc) is 2.30. The monoisotopic (exact) mass is 237 g/mol. The van der Waals surface area contributed by atoms with Gasteiger partial charge in [-0.2, -0.15) is 0 Å². The maximum absolute atomic E-state index is 12.1. The predicted molar refractivity (Wildman–Crippen MR) is 67.3 cm³/mol. The molecule has 4 nitrogen and oxygen atoms in total. The number of nitrogens with zero attached hydrogens (tertiary/aromatic N) is 2. The molecule has 1 saturated heterocycles. The quantitative estimate of drug-likeness (QED) is 0.563. The summed E-state index contributed by atoms with van der Waals surface area (Å²) < 4.78 is 1.92. The maximum Gasteiger partial charge on any atom is 0.253 e. The van der Waals surface area contributed by atoms with Gasteiger partial charge in [0.1, 0.15) is 0 Å². The van der Waals surface area contributed by atoms with Crippen LogP contribution in [0.2, 0.25) is 0 Å². The summed E-state index contributed by atoms with van der Waals surface area (Å²) in [6.45, 7) is 3.08. The van der Waals surface area contributed by atoms with Crippen LogP contribution in [0, 0.1) is 0 Å². The number of piperazine rings is 1. The van der Waals surface area contributed by atoms with E-state index in [4.69, 9.17) is 5.73 Å². The van der Waals surface area contributed by atoms with E-state index >= 15 is 0 Å². The number of anilines is 1. The van der Waals surface area contributed by atoms with E-state index in [0.29, 0.717) is 11.3 Å². The first-order chi connectivity index (χ1) is 7.66. The van der Waals surface area contributed by atoms with Gasteiger partial charge in [0, 0.05) is 37.4 Å². The van der Waals surface area contributed by atoms with Gasteiger partial charge in [0.05, 0.1) is 0 Å². The normalized spacial score (nSPS) is 17.4. The minimum Gasteiger partial charge on any atom is -0.399 e. The molecule has 1 aliphatic rings. The number of amides is 1. The lowest BCUT2D eigenvalue weighted by molar-refractivity contribution is 0.0705. The molecule has 1 amide bonds. The fourth-order valence-corrected chi connectivity index (χ4v) is 1.89. The number of carbonyl (C=O) groups is 1. The highest BCUT2D eigenvalue weighted by Crippen LogP contribution is 2.11. The standard InChI is InChI=1S/C11H15N3OS/c12-10-3-1-9(2-4-10)11(15)13-5-7-14(16)8-6-13/h1-4,16H,5-8,12H2. The third-order valence-electron chi connectivity index (χ3n) is 2.70. The van der Waals surface area contributed by atoms with Crippen LogP contribution < -0.4 is 5.73 Å². The number of benzene rings is 1. The molecule has 5 heteroatoms. The van der Waals surface area contributed by atoms with Crippen molar-refractivity contribution in [3.05, 3.63) is 29.8 Å². The highest BCUT2D eigenvalue weighted by atomic mass is 32.1. The smallest absolute Gasteiger partial charge is 0.253 e. The molecule has 2 rings (SSSR count). The highest BCUT2D eigenvalue weighted by molar-refractivity contribution is 7.77. The molecule has 0 spiro atoms. The van der Waals surface area contributed by atoms with Gasteiger partial charge in [-0.3, -0.25) is 4.79 Å². The molecule has 16 heavy (non-hydrogen) atoms. The zero-order valence-corrected chi connectivity index (χ0v) is 9.86.